The maximum absolute atomic E-state index is 13.0. The number of ether oxygens (including phenoxy) is 1. The van der Waals surface area contributed by atoms with E-state index in [2.05, 4.69) is 33.2 Å². The number of carbonyl (C=O) groups is 2. The second-order valence-corrected chi connectivity index (χ2v) is 11.7. The van der Waals surface area contributed by atoms with Crippen molar-refractivity contribution in [3.63, 3.8) is 0 Å². The Hall–Kier alpha value is -4.75. The Morgan fingerprint density at radius 1 is 1.09 bits per heavy atom. The van der Waals surface area contributed by atoms with Gasteiger partial charge in [-0.3, -0.25) is 14.6 Å². The molecule has 5 rings (SSSR count). The minimum absolute atomic E-state index is 0.0493. The Balaban J connectivity index is 0.000000440. The summed E-state index contributed by atoms with van der Waals surface area (Å²) < 4.78 is 8.15. The van der Waals surface area contributed by atoms with Gasteiger partial charge in [-0.1, -0.05) is 24.6 Å². The lowest BCUT2D eigenvalue weighted by Crippen LogP contribution is -2.42. The predicted molar refractivity (Wildman–Crippen MR) is 175 cm³/mol. The maximum Gasteiger partial charge on any atom is 0.272 e. The first-order valence-corrected chi connectivity index (χ1v) is 15.4. The van der Waals surface area contributed by atoms with Gasteiger partial charge in [-0.2, -0.15) is 5.26 Å². The van der Waals surface area contributed by atoms with Gasteiger partial charge in [0.2, 0.25) is 0 Å². The second kappa shape index (κ2) is 15.8. The molecule has 1 N–H and O–H groups in total. The molecular weight excluding hydrogens is 566 g/mol. The van der Waals surface area contributed by atoms with Gasteiger partial charge in [-0.05, 0) is 76.8 Å². The van der Waals surface area contributed by atoms with Crippen LogP contribution in [0.3, 0.4) is 0 Å². The quantitative estimate of drug-likeness (QED) is 0.285. The fourth-order valence-corrected chi connectivity index (χ4v) is 5.06. The number of hydrogen-bond donors (Lipinski definition) is 1. The van der Waals surface area contributed by atoms with Gasteiger partial charge in [-0.25, -0.2) is 4.98 Å². The lowest BCUT2D eigenvalue weighted by molar-refractivity contribution is 0.0590. The highest BCUT2D eigenvalue weighted by molar-refractivity contribution is 5.96. The zero-order chi connectivity index (χ0) is 32.3. The van der Waals surface area contributed by atoms with E-state index >= 15 is 0 Å². The number of aryl methyl sites for hydroxylation is 2. The molecule has 3 heterocycles. The Morgan fingerprint density at radius 3 is 2.44 bits per heavy atom. The number of rotatable bonds is 9. The van der Waals surface area contributed by atoms with Crippen LogP contribution in [-0.2, 0) is 7.05 Å². The molecule has 2 amide bonds. The van der Waals surface area contributed by atoms with Gasteiger partial charge in [0.15, 0.2) is 0 Å². The number of likely N-dealkylation sites (tertiary alicyclic amines) is 1. The number of nitrogens with zero attached hydrogens (tertiary/aromatic N) is 6. The van der Waals surface area contributed by atoms with Crippen molar-refractivity contribution in [2.75, 3.05) is 33.7 Å². The average molecular weight is 610 g/mol. The molecule has 10 nitrogen and oxygen atoms in total. The maximum atomic E-state index is 13.0. The molecule has 1 fully saturated rings. The van der Waals surface area contributed by atoms with Gasteiger partial charge in [0, 0.05) is 51.3 Å². The predicted octanol–water partition coefficient (Wildman–Crippen LogP) is 4.98. The fraction of sp³-hybridized carbons (Fsp3) is 0.400. The van der Waals surface area contributed by atoms with Crippen LogP contribution in [0.25, 0.3) is 11.0 Å². The zero-order valence-corrected chi connectivity index (χ0v) is 26.9. The first-order valence-electron chi connectivity index (χ1n) is 15.4. The molecule has 1 aliphatic heterocycles. The molecule has 4 aromatic rings. The average Bonchev–Trinajstić information content (AvgIpc) is 3.43. The number of nitrogens with one attached hydrogen (secondary N) is 1. The number of nitriles is 1. The normalized spacial score (nSPS) is 13.9. The number of hydrogen-bond acceptors (Lipinski definition) is 7. The summed E-state index contributed by atoms with van der Waals surface area (Å²) in [6, 6.07) is 18.9. The summed E-state index contributed by atoms with van der Waals surface area (Å²) in [4.78, 5) is 38.2. The van der Waals surface area contributed by atoms with Crippen molar-refractivity contribution in [2.45, 2.75) is 51.7 Å². The highest BCUT2D eigenvalue weighted by atomic mass is 16.5. The van der Waals surface area contributed by atoms with Crippen LogP contribution in [0.5, 0.6) is 5.75 Å². The monoisotopic (exact) mass is 609 g/mol. The van der Waals surface area contributed by atoms with E-state index < -0.39 is 0 Å². The van der Waals surface area contributed by atoms with Gasteiger partial charge < -0.3 is 24.4 Å². The number of imidazole rings is 1. The van der Waals surface area contributed by atoms with E-state index in [1.54, 1.807) is 23.4 Å². The van der Waals surface area contributed by atoms with E-state index in [0.29, 0.717) is 24.3 Å². The van der Waals surface area contributed by atoms with E-state index in [1.165, 1.54) is 11.8 Å². The Morgan fingerprint density at radius 2 is 1.82 bits per heavy atom. The van der Waals surface area contributed by atoms with E-state index in [9.17, 15) is 9.59 Å². The number of carbonyl (C=O) groups excluding carboxylic acids is 2. The lowest BCUT2D eigenvalue weighted by atomic mass is 10.1. The minimum atomic E-state index is -0.158. The third-order valence-electron chi connectivity index (χ3n) is 7.91. The van der Waals surface area contributed by atoms with Gasteiger partial charge in [0.05, 0.1) is 34.6 Å². The molecule has 1 unspecified atom stereocenters. The summed E-state index contributed by atoms with van der Waals surface area (Å²) in [6.45, 7) is 6.17. The smallest absolute Gasteiger partial charge is 0.272 e. The summed E-state index contributed by atoms with van der Waals surface area (Å²) in [5.41, 5.74) is 4.70. The number of fused-ring (bicyclic) bond motifs is 1. The third-order valence-corrected chi connectivity index (χ3v) is 7.91. The van der Waals surface area contributed by atoms with Gasteiger partial charge in [0.1, 0.15) is 17.5 Å². The van der Waals surface area contributed by atoms with Gasteiger partial charge in [0.25, 0.3) is 11.8 Å². The lowest BCUT2D eigenvalue weighted by Gasteiger charge is -2.32. The van der Waals surface area contributed by atoms with Gasteiger partial charge >= 0.3 is 0 Å². The first-order chi connectivity index (χ1) is 21.7. The Bertz CT molecular complexity index is 1600. The number of amides is 2. The number of piperidine rings is 1. The molecule has 2 aromatic carbocycles. The van der Waals surface area contributed by atoms with Crippen LogP contribution in [0.4, 0.5) is 0 Å². The largest absolute Gasteiger partial charge is 0.490 e. The van der Waals surface area contributed by atoms with Crippen molar-refractivity contribution in [1.82, 2.24) is 29.7 Å². The van der Waals surface area contributed by atoms with Crippen LogP contribution in [0, 0.1) is 18.3 Å². The summed E-state index contributed by atoms with van der Waals surface area (Å²) in [7, 11) is 6.01. The molecule has 0 spiro atoms. The van der Waals surface area contributed by atoms with Crippen molar-refractivity contribution in [3.8, 4) is 11.8 Å². The molecule has 1 aliphatic rings. The van der Waals surface area contributed by atoms with Crippen LogP contribution >= 0.6 is 0 Å². The number of aromatic nitrogens is 3. The van der Waals surface area contributed by atoms with Gasteiger partial charge in [-0.15, -0.1) is 0 Å². The Kier molecular flexibility index (Phi) is 11.7. The summed E-state index contributed by atoms with van der Waals surface area (Å²) in [5, 5.41) is 11.4. The molecule has 0 aliphatic carbocycles. The standard InChI is InChI=1S/C27H36N6O3.C8H7N/c1-5-20(10-13-31(2)3)30-26(34)19-6-8-23(28-17-19)27(35)33-14-11-21(12-15-33)36-22-7-9-25-24(16-22)29-18-32(25)4;1-7-2-4-8(6-9)5-3-7/h6-9,16-18,20-21H,5,10-15H2,1-4H3,(H,30,34);2-5H,1H3. The highest BCUT2D eigenvalue weighted by Gasteiger charge is 2.26. The van der Waals surface area contributed by atoms with E-state index in [-0.39, 0.29) is 24.0 Å². The molecule has 45 heavy (non-hydrogen) atoms. The molecule has 0 radical (unpaired) electrons. The molecule has 1 atom stereocenters. The van der Waals surface area contributed by atoms with Crippen LogP contribution in [-0.4, -0.2) is 82.0 Å². The van der Waals surface area contributed by atoms with E-state index in [0.717, 1.165) is 54.6 Å². The molecule has 236 valence electrons. The number of benzene rings is 2. The van der Waals surface area contributed by atoms with Crippen molar-refractivity contribution >= 4 is 22.8 Å². The van der Waals surface area contributed by atoms with Crippen LogP contribution in [0.1, 0.15) is 64.6 Å². The van der Waals surface area contributed by atoms with Crippen LogP contribution in [0.15, 0.2) is 67.1 Å². The summed E-state index contributed by atoms with van der Waals surface area (Å²) in [6.07, 6.45) is 6.58. The summed E-state index contributed by atoms with van der Waals surface area (Å²) in [5.74, 6) is 0.523. The molecule has 0 bridgehead atoms. The topological polar surface area (TPSA) is 116 Å². The van der Waals surface area contributed by atoms with Crippen molar-refractivity contribution in [1.29, 1.82) is 5.26 Å². The Labute approximate surface area is 265 Å². The molecule has 1 saturated heterocycles. The first kappa shape index (κ1) is 33.1. The molecule has 0 saturated carbocycles. The van der Waals surface area contributed by atoms with Crippen LogP contribution < -0.4 is 10.1 Å². The molecular formula is C35H43N7O3. The molecule has 2 aromatic heterocycles. The van der Waals surface area contributed by atoms with Crippen molar-refractivity contribution in [2.24, 2.45) is 7.05 Å². The van der Waals surface area contributed by atoms with Crippen molar-refractivity contribution < 1.29 is 14.3 Å². The zero-order valence-electron chi connectivity index (χ0n) is 26.9. The minimum Gasteiger partial charge on any atom is -0.490 e. The molecule has 10 heteroatoms. The summed E-state index contributed by atoms with van der Waals surface area (Å²) >= 11 is 0. The van der Waals surface area contributed by atoms with E-state index in [4.69, 9.17) is 10.00 Å². The number of pyridine rings is 1. The van der Waals surface area contributed by atoms with E-state index in [1.807, 2.05) is 75.1 Å². The highest BCUT2D eigenvalue weighted by Crippen LogP contribution is 2.24. The van der Waals surface area contributed by atoms with Crippen molar-refractivity contribution in [3.05, 3.63) is 89.5 Å². The second-order valence-electron chi connectivity index (χ2n) is 11.7. The third kappa shape index (κ3) is 9.37. The SMILES string of the molecule is CCC(CCN(C)C)NC(=O)c1ccc(C(=O)N2CCC(Oc3ccc4c(c3)ncn4C)CC2)nc1.Cc1ccc(C#N)cc1. The van der Waals surface area contributed by atoms with Crippen LogP contribution in [0.2, 0.25) is 0 Å². The fourth-order valence-electron chi connectivity index (χ4n) is 5.06.